The highest BCUT2D eigenvalue weighted by Gasteiger charge is 2.18. The Morgan fingerprint density at radius 3 is 2.83 bits per heavy atom. The molecule has 24 heavy (non-hydrogen) atoms. The highest BCUT2D eigenvalue weighted by atomic mass is 16.5. The van der Waals surface area contributed by atoms with Crippen LogP contribution in [0.4, 0.5) is 11.5 Å². The molecule has 1 aromatic carbocycles. The maximum Gasteiger partial charge on any atom is 0.280 e. The van der Waals surface area contributed by atoms with Crippen LogP contribution >= 0.6 is 0 Å². The molecule has 0 saturated carbocycles. The molecule has 1 amide bonds. The number of anilines is 2. The molecule has 122 valence electrons. The van der Waals surface area contributed by atoms with Crippen molar-refractivity contribution >= 4 is 17.4 Å². The first-order chi connectivity index (χ1) is 11.7. The van der Waals surface area contributed by atoms with Crippen molar-refractivity contribution in [3.8, 4) is 5.75 Å². The molecule has 0 aliphatic heterocycles. The summed E-state index contributed by atoms with van der Waals surface area (Å²) in [6, 6.07) is 10.7. The predicted octanol–water partition coefficient (Wildman–Crippen LogP) is 1.56. The van der Waals surface area contributed by atoms with Crippen LogP contribution in [0.3, 0.4) is 0 Å². The summed E-state index contributed by atoms with van der Waals surface area (Å²) in [6.07, 6.45) is 3.36. The fraction of sp³-hybridized carbons (Fsp3) is 0.125. The number of aromatic nitrogens is 4. The highest BCUT2D eigenvalue weighted by molar-refractivity contribution is 6.05. The Labute approximate surface area is 138 Å². The average Bonchev–Trinajstić information content (AvgIpc) is 2.97. The number of pyridine rings is 1. The monoisotopic (exact) mass is 324 g/mol. The molecular formula is C16H16N6O2. The van der Waals surface area contributed by atoms with Gasteiger partial charge in [0.05, 0.1) is 13.7 Å². The summed E-state index contributed by atoms with van der Waals surface area (Å²) in [4.78, 5) is 16.3. The quantitative estimate of drug-likeness (QED) is 0.737. The molecule has 0 fully saturated rings. The summed E-state index contributed by atoms with van der Waals surface area (Å²) >= 11 is 0. The van der Waals surface area contributed by atoms with E-state index in [2.05, 4.69) is 20.6 Å². The van der Waals surface area contributed by atoms with E-state index in [4.69, 9.17) is 10.5 Å². The number of carbonyl (C=O) groups is 1. The molecule has 3 aromatic rings. The first kappa shape index (κ1) is 15.5. The van der Waals surface area contributed by atoms with Gasteiger partial charge < -0.3 is 15.8 Å². The van der Waals surface area contributed by atoms with Crippen molar-refractivity contribution in [3.05, 3.63) is 60.0 Å². The third-order valence-corrected chi connectivity index (χ3v) is 3.40. The zero-order valence-corrected chi connectivity index (χ0v) is 13.0. The van der Waals surface area contributed by atoms with Gasteiger partial charge >= 0.3 is 0 Å². The molecule has 0 unspecified atom stereocenters. The van der Waals surface area contributed by atoms with Gasteiger partial charge in [0.2, 0.25) is 0 Å². The molecule has 0 saturated heterocycles. The fourth-order valence-corrected chi connectivity index (χ4v) is 2.15. The van der Waals surface area contributed by atoms with Crippen LogP contribution in [-0.2, 0) is 6.54 Å². The Morgan fingerprint density at radius 1 is 1.29 bits per heavy atom. The van der Waals surface area contributed by atoms with Gasteiger partial charge in [-0.3, -0.25) is 9.78 Å². The van der Waals surface area contributed by atoms with E-state index >= 15 is 0 Å². The van der Waals surface area contributed by atoms with E-state index in [1.54, 1.807) is 43.8 Å². The average molecular weight is 324 g/mol. The van der Waals surface area contributed by atoms with Gasteiger partial charge in [-0.05, 0) is 29.8 Å². The van der Waals surface area contributed by atoms with Crippen molar-refractivity contribution in [2.24, 2.45) is 0 Å². The summed E-state index contributed by atoms with van der Waals surface area (Å²) in [5.74, 6) is 0.413. The van der Waals surface area contributed by atoms with Gasteiger partial charge in [-0.15, -0.1) is 5.10 Å². The smallest absolute Gasteiger partial charge is 0.280 e. The molecular weight excluding hydrogens is 308 g/mol. The van der Waals surface area contributed by atoms with E-state index in [1.165, 1.54) is 4.68 Å². The normalized spacial score (nSPS) is 10.4. The lowest BCUT2D eigenvalue weighted by Crippen LogP contribution is -2.15. The largest absolute Gasteiger partial charge is 0.497 e. The number of hydrogen-bond donors (Lipinski definition) is 2. The number of ether oxygens (including phenoxy) is 1. The van der Waals surface area contributed by atoms with E-state index < -0.39 is 5.91 Å². The van der Waals surface area contributed by atoms with Crippen LogP contribution < -0.4 is 15.8 Å². The minimum Gasteiger partial charge on any atom is -0.497 e. The Morgan fingerprint density at radius 2 is 2.08 bits per heavy atom. The third kappa shape index (κ3) is 3.32. The summed E-state index contributed by atoms with van der Waals surface area (Å²) in [5.41, 5.74) is 7.62. The zero-order chi connectivity index (χ0) is 16.9. The number of nitrogens with two attached hydrogens (primary N) is 1. The Balaban J connectivity index is 1.76. The van der Waals surface area contributed by atoms with Crippen LogP contribution in [-0.4, -0.2) is 33.0 Å². The predicted molar refractivity (Wildman–Crippen MR) is 88.7 cm³/mol. The van der Waals surface area contributed by atoms with Crippen LogP contribution in [0.2, 0.25) is 0 Å². The van der Waals surface area contributed by atoms with Crippen LogP contribution in [0.5, 0.6) is 5.75 Å². The number of rotatable bonds is 5. The number of nitrogen functional groups attached to an aromatic ring is 1. The van der Waals surface area contributed by atoms with Gasteiger partial charge in [-0.2, -0.15) is 0 Å². The number of carbonyl (C=O) groups excluding carboxylic acids is 1. The Bertz CT molecular complexity index is 847. The number of methoxy groups -OCH3 is 1. The lowest BCUT2D eigenvalue weighted by Gasteiger charge is -2.06. The SMILES string of the molecule is COc1cccc(NC(=O)c2nnn(Cc3ccncc3)c2N)c1. The standard InChI is InChI=1S/C16H16N6O2/c1-24-13-4-2-3-12(9-13)19-16(23)14-15(17)22(21-20-14)10-11-5-7-18-8-6-11/h2-9H,10,17H2,1H3,(H,19,23). The number of benzene rings is 1. The second-order valence-electron chi connectivity index (χ2n) is 5.02. The molecule has 8 nitrogen and oxygen atoms in total. The van der Waals surface area contributed by atoms with Crippen molar-refractivity contribution in [2.45, 2.75) is 6.54 Å². The summed E-state index contributed by atoms with van der Waals surface area (Å²) in [5, 5.41) is 10.5. The Hall–Kier alpha value is -3.42. The lowest BCUT2D eigenvalue weighted by molar-refractivity contribution is 0.102. The van der Waals surface area contributed by atoms with Crippen molar-refractivity contribution in [3.63, 3.8) is 0 Å². The summed E-state index contributed by atoms with van der Waals surface area (Å²) in [7, 11) is 1.56. The van der Waals surface area contributed by atoms with E-state index in [0.29, 0.717) is 18.0 Å². The second kappa shape index (κ2) is 6.78. The van der Waals surface area contributed by atoms with Crippen molar-refractivity contribution in [2.75, 3.05) is 18.2 Å². The molecule has 2 heterocycles. The molecule has 0 spiro atoms. The molecule has 0 bridgehead atoms. The number of nitrogens with zero attached hydrogens (tertiary/aromatic N) is 4. The number of amides is 1. The van der Waals surface area contributed by atoms with Crippen LogP contribution in [0.15, 0.2) is 48.8 Å². The van der Waals surface area contributed by atoms with Gasteiger partial charge in [0.15, 0.2) is 11.5 Å². The molecule has 3 rings (SSSR count). The van der Waals surface area contributed by atoms with E-state index in [9.17, 15) is 4.79 Å². The summed E-state index contributed by atoms with van der Waals surface area (Å²) in [6.45, 7) is 0.411. The van der Waals surface area contributed by atoms with Gasteiger partial charge in [-0.25, -0.2) is 4.68 Å². The van der Waals surface area contributed by atoms with E-state index in [0.717, 1.165) is 5.56 Å². The topological polar surface area (TPSA) is 108 Å². The molecule has 0 radical (unpaired) electrons. The van der Waals surface area contributed by atoms with E-state index in [-0.39, 0.29) is 11.5 Å². The minimum atomic E-state index is -0.429. The molecule has 8 heteroatoms. The Kier molecular flexibility index (Phi) is 4.37. The van der Waals surface area contributed by atoms with Crippen molar-refractivity contribution in [1.29, 1.82) is 0 Å². The zero-order valence-electron chi connectivity index (χ0n) is 13.0. The molecule has 0 atom stereocenters. The highest BCUT2D eigenvalue weighted by Crippen LogP contribution is 2.18. The van der Waals surface area contributed by atoms with Crippen molar-refractivity contribution in [1.82, 2.24) is 20.0 Å². The molecule has 2 aromatic heterocycles. The van der Waals surface area contributed by atoms with Gasteiger partial charge in [0.25, 0.3) is 5.91 Å². The first-order valence-electron chi connectivity index (χ1n) is 7.20. The number of hydrogen-bond acceptors (Lipinski definition) is 6. The molecule has 0 aliphatic carbocycles. The lowest BCUT2D eigenvalue weighted by atomic mass is 10.2. The summed E-state index contributed by atoms with van der Waals surface area (Å²) < 4.78 is 6.59. The number of nitrogens with one attached hydrogen (secondary N) is 1. The first-order valence-corrected chi connectivity index (χ1v) is 7.20. The van der Waals surface area contributed by atoms with Gasteiger partial charge in [0.1, 0.15) is 5.75 Å². The maximum absolute atomic E-state index is 12.3. The molecule has 3 N–H and O–H groups in total. The van der Waals surface area contributed by atoms with Crippen LogP contribution in [0, 0.1) is 0 Å². The fourth-order valence-electron chi connectivity index (χ4n) is 2.15. The second-order valence-corrected chi connectivity index (χ2v) is 5.02. The van der Waals surface area contributed by atoms with Crippen molar-refractivity contribution < 1.29 is 9.53 Å². The van der Waals surface area contributed by atoms with E-state index in [1.807, 2.05) is 12.1 Å². The molecule has 0 aliphatic rings. The third-order valence-electron chi connectivity index (χ3n) is 3.40. The van der Waals surface area contributed by atoms with Gasteiger partial charge in [0, 0.05) is 24.1 Å². The van der Waals surface area contributed by atoms with Crippen LogP contribution in [0.1, 0.15) is 16.1 Å². The minimum absolute atomic E-state index is 0.0758. The van der Waals surface area contributed by atoms with Gasteiger partial charge in [-0.1, -0.05) is 11.3 Å². The van der Waals surface area contributed by atoms with Crippen LogP contribution in [0.25, 0.3) is 0 Å². The maximum atomic E-state index is 12.3.